The van der Waals surface area contributed by atoms with Gasteiger partial charge in [0.15, 0.2) is 11.5 Å². The molecule has 1 aromatic carbocycles. The van der Waals surface area contributed by atoms with Crippen LogP contribution in [0.5, 0.6) is 5.75 Å². The van der Waals surface area contributed by atoms with Crippen LogP contribution < -0.4 is 10.1 Å². The number of hydrogen-bond acceptors (Lipinski definition) is 6. The number of nitrogens with one attached hydrogen (secondary N) is 1. The van der Waals surface area contributed by atoms with E-state index in [1.807, 2.05) is 24.3 Å². The highest BCUT2D eigenvalue weighted by Gasteiger charge is 2.34. The molecule has 1 atom stereocenters. The lowest BCUT2D eigenvalue weighted by Crippen LogP contribution is -2.51. The van der Waals surface area contributed by atoms with Gasteiger partial charge in [-0.25, -0.2) is 0 Å². The second-order valence-corrected chi connectivity index (χ2v) is 7.08. The van der Waals surface area contributed by atoms with Crippen LogP contribution in [-0.4, -0.2) is 41.6 Å². The second-order valence-electron chi connectivity index (χ2n) is 7.08. The van der Waals surface area contributed by atoms with Gasteiger partial charge >= 0.3 is 0 Å². The molecular formula is C22H23N3O5. The fourth-order valence-corrected chi connectivity index (χ4v) is 3.65. The zero-order chi connectivity index (χ0) is 20.9. The molecule has 3 heterocycles. The van der Waals surface area contributed by atoms with E-state index in [9.17, 15) is 9.59 Å². The molecule has 1 N–H and O–H groups in total. The average molecular weight is 409 g/mol. The van der Waals surface area contributed by atoms with E-state index in [-0.39, 0.29) is 24.1 Å². The summed E-state index contributed by atoms with van der Waals surface area (Å²) in [5, 5.41) is 6.81. The lowest BCUT2D eigenvalue weighted by molar-refractivity contribution is -0.126. The fraction of sp³-hybridized carbons (Fsp3) is 0.318. The largest absolute Gasteiger partial charge is 0.496 e. The Morgan fingerprint density at radius 3 is 2.90 bits per heavy atom. The maximum atomic E-state index is 13.1. The van der Waals surface area contributed by atoms with Crippen LogP contribution in [0.15, 0.2) is 57.7 Å². The summed E-state index contributed by atoms with van der Waals surface area (Å²) in [6.45, 7) is 0.779. The molecular weight excluding hydrogens is 386 g/mol. The monoisotopic (exact) mass is 409 g/mol. The van der Waals surface area contributed by atoms with Gasteiger partial charge in [0.05, 0.1) is 25.5 Å². The van der Waals surface area contributed by atoms with Gasteiger partial charge in [-0.1, -0.05) is 17.3 Å². The minimum absolute atomic E-state index is 0.168. The quantitative estimate of drug-likeness (QED) is 0.671. The number of para-hydroxylation sites is 1. The summed E-state index contributed by atoms with van der Waals surface area (Å²) in [5.74, 6) is 1.20. The molecule has 0 aliphatic carbocycles. The first kappa shape index (κ1) is 19.8. The normalized spacial score (nSPS) is 16.3. The topological polar surface area (TPSA) is 97.8 Å². The third kappa shape index (κ3) is 4.07. The molecule has 156 valence electrons. The Labute approximate surface area is 173 Å². The number of aromatic nitrogens is 1. The molecule has 1 fully saturated rings. The number of methoxy groups -OCH3 is 1. The van der Waals surface area contributed by atoms with E-state index in [2.05, 4.69) is 10.5 Å². The van der Waals surface area contributed by atoms with Gasteiger partial charge < -0.3 is 23.9 Å². The van der Waals surface area contributed by atoms with Gasteiger partial charge in [0.1, 0.15) is 17.6 Å². The summed E-state index contributed by atoms with van der Waals surface area (Å²) in [7, 11) is 1.57. The van der Waals surface area contributed by atoms with Crippen LogP contribution in [0.25, 0.3) is 11.3 Å². The van der Waals surface area contributed by atoms with Crippen LogP contribution >= 0.6 is 0 Å². The molecule has 1 aliphatic rings. The smallest absolute Gasteiger partial charge is 0.276 e. The van der Waals surface area contributed by atoms with Crippen molar-refractivity contribution >= 4 is 11.8 Å². The Kier molecular flexibility index (Phi) is 5.83. The number of carbonyl (C=O) groups is 2. The van der Waals surface area contributed by atoms with Crippen molar-refractivity contribution in [3.05, 3.63) is 60.2 Å². The molecule has 8 heteroatoms. The van der Waals surface area contributed by atoms with Gasteiger partial charge in [-0.2, -0.15) is 0 Å². The summed E-state index contributed by atoms with van der Waals surface area (Å²) in [5.41, 5.74) is 0.875. The highest BCUT2D eigenvalue weighted by atomic mass is 16.5. The van der Waals surface area contributed by atoms with Crippen LogP contribution in [0.3, 0.4) is 0 Å². The standard InChI is InChI=1S/C22H23N3O5/c1-28-19-10-3-2-8-16(19)20-13-17(24-30-20)22(27)25-11-5-4-9-18(25)21(26)23-14-15-7-6-12-29-15/h2-3,6-8,10,12-13,18H,4-5,9,11,14H2,1H3,(H,23,26). The van der Waals surface area contributed by atoms with E-state index in [1.165, 1.54) is 0 Å². The summed E-state index contributed by atoms with van der Waals surface area (Å²) < 4.78 is 16.0. The van der Waals surface area contributed by atoms with Gasteiger partial charge in [-0.3, -0.25) is 9.59 Å². The molecule has 4 rings (SSSR count). The first-order chi connectivity index (χ1) is 14.7. The average Bonchev–Trinajstić information content (AvgIpc) is 3.49. The third-order valence-electron chi connectivity index (χ3n) is 5.18. The SMILES string of the molecule is COc1ccccc1-c1cc(C(=O)N2CCCCC2C(=O)NCc2ccco2)no1. The van der Waals surface area contributed by atoms with Crippen molar-refractivity contribution in [3.63, 3.8) is 0 Å². The van der Waals surface area contributed by atoms with Crippen LogP contribution in [0.2, 0.25) is 0 Å². The third-order valence-corrected chi connectivity index (χ3v) is 5.18. The number of likely N-dealkylation sites (tertiary alicyclic amines) is 1. The van der Waals surface area contributed by atoms with E-state index < -0.39 is 6.04 Å². The first-order valence-electron chi connectivity index (χ1n) is 9.88. The van der Waals surface area contributed by atoms with Crippen molar-refractivity contribution in [2.24, 2.45) is 0 Å². The summed E-state index contributed by atoms with van der Waals surface area (Å²) in [6, 6.07) is 11.9. The summed E-state index contributed by atoms with van der Waals surface area (Å²) in [4.78, 5) is 27.4. The fourth-order valence-electron chi connectivity index (χ4n) is 3.65. The number of benzene rings is 1. The van der Waals surface area contributed by atoms with Crippen LogP contribution in [-0.2, 0) is 11.3 Å². The molecule has 3 aromatic rings. The van der Waals surface area contributed by atoms with E-state index in [4.69, 9.17) is 13.7 Å². The number of ether oxygens (including phenoxy) is 1. The van der Waals surface area contributed by atoms with Gasteiger partial charge in [0.2, 0.25) is 5.91 Å². The Bertz CT molecular complexity index is 1010. The predicted octanol–water partition coefficient (Wildman–Crippen LogP) is 3.25. The van der Waals surface area contributed by atoms with Crippen LogP contribution in [0, 0.1) is 0 Å². The van der Waals surface area contributed by atoms with Crippen molar-refractivity contribution in [3.8, 4) is 17.1 Å². The molecule has 2 amide bonds. The number of amides is 2. The van der Waals surface area contributed by atoms with E-state index in [0.29, 0.717) is 35.8 Å². The minimum Gasteiger partial charge on any atom is -0.496 e. The van der Waals surface area contributed by atoms with E-state index >= 15 is 0 Å². The number of nitrogens with zero attached hydrogens (tertiary/aromatic N) is 2. The maximum Gasteiger partial charge on any atom is 0.276 e. The zero-order valence-electron chi connectivity index (χ0n) is 16.7. The van der Waals surface area contributed by atoms with Crippen molar-refractivity contribution in [2.75, 3.05) is 13.7 Å². The van der Waals surface area contributed by atoms with Gasteiger partial charge in [0, 0.05) is 12.6 Å². The maximum absolute atomic E-state index is 13.1. The minimum atomic E-state index is -0.548. The first-order valence-corrected chi connectivity index (χ1v) is 9.88. The zero-order valence-corrected chi connectivity index (χ0v) is 16.7. The van der Waals surface area contributed by atoms with Crippen molar-refractivity contribution in [1.82, 2.24) is 15.4 Å². The van der Waals surface area contributed by atoms with Crippen molar-refractivity contribution in [2.45, 2.75) is 31.8 Å². The van der Waals surface area contributed by atoms with Gasteiger partial charge in [-0.05, 0) is 43.5 Å². The van der Waals surface area contributed by atoms with Crippen LogP contribution in [0.1, 0.15) is 35.5 Å². The summed E-state index contributed by atoms with van der Waals surface area (Å²) >= 11 is 0. The Balaban J connectivity index is 1.49. The predicted molar refractivity (Wildman–Crippen MR) is 108 cm³/mol. The van der Waals surface area contributed by atoms with Gasteiger partial charge in [0.25, 0.3) is 5.91 Å². The van der Waals surface area contributed by atoms with Crippen molar-refractivity contribution in [1.29, 1.82) is 0 Å². The number of carbonyl (C=O) groups excluding carboxylic acids is 2. The van der Waals surface area contributed by atoms with E-state index in [0.717, 1.165) is 12.8 Å². The summed E-state index contributed by atoms with van der Waals surface area (Å²) in [6.07, 6.45) is 3.88. The Morgan fingerprint density at radius 1 is 1.23 bits per heavy atom. The molecule has 30 heavy (non-hydrogen) atoms. The molecule has 0 bridgehead atoms. The number of furan rings is 1. The molecule has 1 unspecified atom stereocenters. The number of piperidine rings is 1. The number of hydrogen-bond donors (Lipinski definition) is 1. The van der Waals surface area contributed by atoms with E-state index in [1.54, 1.807) is 36.5 Å². The second kappa shape index (κ2) is 8.86. The molecule has 0 saturated carbocycles. The highest BCUT2D eigenvalue weighted by Crippen LogP contribution is 2.30. The molecule has 1 aliphatic heterocycles. The van der Waals surface area contributed by atoms with Gasteiger partial charge in [-0.15, -0.1) is 0 Å². The Morgan fingerprint density at radius 2 is 2.10 bits per heavy atom. The molecule has 1 saturated heterocycles. The molecule has 0 spiro atoms. The lowest BCUT2D eigenvalue weighted by atomic mass is 10.0. The highest BCUT2D eigenvalue weighted by molar-refractivity contribution is 5.97. The van der Waals surface area contributed by atoms with Crippen LogP contribution in [0.4, 0.5) is 0 Å². The molecule has 0 radical (unpaired) electrons. The lowest BCUT2D eigenvalue weighted by Gasteiger charge is -2.34. The molecule has 2 aromatic heterocycles. The van der Waals surface area contributed by atoms with Crippen molar-refractivity contribution < 1.29 is 23.3 Å². The Hall–Kier alpha value is -3.55. The number of rotatable bonds is 6. The molecule has 8 nitrogen and oxygen atoms in total.